The number of urea groups is 1. The van der Waals surface area contributed by atoms with Gasteiger partial charge in [0.2, 0.25) is 5.91 Å². The van der Waals surface area contributed by atoms with E-state index in [2.05, 4.69) is 10.6 Å². The van der Waals surface area contributed by atoms with Gasteiger partial charge >= 0.3 is 6.03 Å². The van der Waals surface area contributed by atoms with Gasteiger partial charge in [0.1, 0.15) is 5.25 Å². The summed E-state index contributed by atoms with van der Waals surface area (Å²) >= 11 is 1.52. The van der Waals surface area contributed by atoms with E-state index in [1.807, 2.05) is 72.8 Å². The Morgan fingerprint density at radius 2 is 1.46 bits per heavy atom. The first kappa shape index (κ1) is 19.5. The molecule has 142 valence electrons. The van der Waals surface area contributed by atoms with Gasteiger partial charge in [0.05, 0.1) is 0 Å². The third-order valence-corrected chi connectivity index (χ3v) is 5.29. The molecule has 0 spiro atoms. The Morgan fingerprint density at radius 3 is 2.07 bits per heavy atom. The van der Waals surface area contributed by atoms with Gasteiger partial charge in [-0.1, -0.05) is 60.7 Å². The van der Waals surface area contributed by atoms with Crippen LogP contribution in [0.2, 0.25) is 0 Å². The molecule has 28 heavy (non-hydrogen) atoms. The molecule has 3 rings (SSSR count). The number of anilines is 1. The third-order valence-electron chi connectivity index (χ3n) is 4.03. The van der Waals surface area contributed by atoms with Crippen molar-refractivity contribution in [3.05, 3.63) is 96.1 Å². The molecule has 0 saturated heterocycles. The fraction of sp³-hybridized carbons (Fsp3) is 0.0909. The van der Waals surface area contributed by atoms with Gasteiger partial charge in [-0.25, -0.2) is 4.79 Å². The van der Waals surface area contributed by atoms with E-state index in [0.29, 0.717) is 12.2 Å². The standard InChI is InChI=1S/C22H21N3O2S/c23-22(27)25-18-13-11-16(12-14-18)15-24-21(26)20(17-7-3-1-4-8-17)28-19-9-5-2-6-10-19/h1-14,20H,15H2,(H,24,26)(H3,23,25,27). The van der Waals surface area contributed by atoms with Gasteiger partial charge in [-0.05, 0) is 35.4 Å². The SMILES string of the molecule is NC(=O)Nc1ccc(CNC(=O)C(Sc2ccccc2)c2ccccc2)cc1. The molecule has 3 amide bonds. The zero-order valence-electron chi connectivity index (χ0n) is 15.2. The second-order valence-corrected chi connectivity index (χ2v) is 7.30. The molecule has 0 aliphatic rings. The number of hydrogen-bond acceptors (Lipinski definition) is 3. The molecule has 0 saturated carbocycles. The number of hydrogen-bond donors (Lipinski definition) is 3. The first-order valence-corrected chi connectivity index (χ1v) is 9.69. The minimum atomic E-state index is -0.607. The van der Waals surface area contributed by atoms with Crippen molar-refractivity contribution in [2.45, 2.75) is 16.7 Å². The maximum atomic E-state index is 12.9. The molecular formula is C22H21N3O2S. The first-order valence-electron chi connectivity index (χ1n) is 8.81. The van der Waals surface area contributed by atoms with E-state index in [1.165, 1.54) is 11.8 Å². The lowest BCUT2D eigenvalue weighted by Gasteiger charge is -2.17. The minimum Gasteiger partial charge on any atom is -0.351 e. The van der Waals surface area contributed by atoms with Gasteiger partial charge in [0.15, 0.2) is 0 Å². The molecule has 1 unspecified atom stereocenters. The largest absolute Gasteiger partial charge is 0.351 e. The van der Waals surface area contributed by atoms with Crippen LogP contribution in [0.5, 0.6) is 0 Å². The van der Waals surface area contributed by atoms with Crippen LogP contribution in [0.3, 0.4) is 0 Å². The van der Waals surface area contributed by atoms with Gasteiger partial charge < -0.3 is 16.4 Å². The molecule has 0 aliphatic heterocycles. The number of benzene rings is 3. The molecule has 3 aromatic carbocycles. The summed E-state index contributed by atoms with van der Waals surface area (Å²) in [5.74, 6) is -0.0561. The predicted octanol–water partition coefficient (Wildman–Crippen LogP) is 4.33. The van der Waals surface area contributed by atoms with Crippen molar-refractivity contribution in [3.63, 3.8) is 0 Å². The van der Waals surface area contributed by atoms with Crippen molar-refractivity contribution < 1.29 is 9.59 Å². The van der Waals surface area contributed by atoms with Gasteiger partial charge in [-0.15, -0.1) is 11.8 Å². The Balaban J connectivity index is 1.68. The number of primary amides is 1. The van der Waals surface area contributed by atoms with Crippen LogP contribution < -0.4 is 16.4 Å². The smallest absolute Gasteiger partial charge is 0.316 e. The van der Waals surface area contributed by atoms with E-state index in [9.17, 15) is 9.59 Å². The highest BCUT2D eigenvalue weighted by atomic mass is 32.2. The Bertz CT molecular complexity index is 916. The molecule has 0 heterocycles. The number of thioether (sulfide) groups is 1. The number of nitrogens with two attached hydrogens (primary N) is 1. The topological polar surface area (TPSA) is 84.2 Å². The second-order valence-electron chi connectivity index (χ2n) is 6.13. The summed E-state index contributed by atoms with van der Waals surface area (Å²) in [5.41, 5.74) is 7.60. The fourth-order valence-electron chi connectivity index (χ4n) is 2.67. The van der Waals surface area contributed by atoms with E-state index in [1.54, 1.807) is 12.1 Å². The van der Waals surface area contributed by atoms with Crippen LogP contribution in [0.15, 0.2) is 89.8 Å². The van der Waals surface area contributed by atoms with Crippen molar-refractivity contribution in [2.24, 2.45) is 5.73 Å². The van der Waals surface area contributed by atoms with Gasteiger partial charge in [-0.3, -0.25) is 4.79 Å². The molecule has 1 atom stereocenters. The zero-order valence-corrected chi connectivity index (χ0v) is 16.0. The minimum absolute atomic E-state index is 0.0561. The maximum absolute atomic E-state index is 12.9. The van der Waals surface area contributed by atoms with Gasteiger partial charge in [-0.2, -0.15) is 0 Å². The Labute approximate surface area is 168 Å². The van der Waals surface area contributed by atoms with Crippen molar-refractivity contribution in [1.82, 2.24) is 5.32 Å². The van der Waals surface area contributed by atoms with Crippen LogP contribution in [0, 0.1) is 0 Å². The van der Waals surface area contributed by atoms with Crippen LogP contribution in [0.1, 0.15) is 16.4 Å². The number of carbonyl (C=O) groups excluding carboxylic acids is 2. The highest BCUT2D eigenvalue weighted by molar-refractivity contribution is 8.00. The zero-order chi connectivity index (χ0) is 19.8. The quantitative estimate of drug-likeness (QED) is 0.524. The molecule has 3 aromatic rings. The predicted molar refractivity (Wildman–Crippen MR) is 113 cm³/mol. The van der Waals surface area contributed by atoms with Gasteiger partial charge in [0, 0.05) is 17.1 Å². The molecular weight excluding hydrogens is 370 g/mol. The van der Waals surface area contributed by atoms with Crippen LogP contribution in [-0.4, -0.2) is 11.9 Å². The Morgan fingerprint density at radius 1 is 0.857 bits per heavy atom. The van der Waals surface area contributed by atoms with Crippen molar-refractivity contribution >= 4 is 29.4 Å². The number of carbonyl (C=O) groups is 2. The lowest BCUT2D eigenvalue weighted by molar-refractivity contribution is -0.120. The van der Waals surface area contributed by atoms with Crippen LogP contribution >= 0.6 is 11.8 Å². The van der Waals surface area contributed by atoms with Crippen LogP contribution in [-0.2, 0) is 11.3 Å². The van der Waals surface area contributed by atoms with Crippen molar-refractivity contribution in [1.29, 1.82) is 0 Å². The molecule has 5 nitrogen and oxygen atoms in total. The second kappa shape index (κ2) is 9.62. The first-order chi connectivity index (χ1) is 13.6. The summed E-state index contributed by atoms with van der Waals surface area (Å²) in [6.45, 7) is 0.397. The molecule has 0 radical (unpaired) electrons. The van der Waals surface area contributed by atoms with Crippen molar-refractivity contribution in [2.75, 3.05) is 5.32 Å². The summed E-state index contributed by atoms with van der Waals surface area (Å²) in [4.78, 5) is 24.8. The van der Waals surface area contributed by atoms with Crippen LogP contribution in [0.25, 0.3) is 0 Å². The third kappa shape index (κ3) is 5.62. The Hall–Kier alpha value is -3.25. The molecule has 6 heteroatoms. The number of amides is 3. The highest BCUT2D eigenvalue weighted by Gasteiger charge is 2.21. The normalized spacial score (nSPS) is 11.4. The van der Waals surface area contributed by atoms with E-state index >= 15 is 0 Å². The van der Waals surface area contributed by atoms with Crippen molar-refractivity contribution in [3.8, 4) is 0 Å². The van der Waals surface area contributed by atoms with E-state index in [4.69, 9.17) is 5.73 Å². The van der Waals surface area contributed by atoms with E-state index in [0.717, 1.165) is 16.0 Å². The highest BCUT2D eigenvalue weighted by Crippen LogP contribution is 2.35. The lowest BCUT2D eigenvalue weighted by atomic mass is 10.1. The summed E-state index contributed by atoms with van der Waals surface area (Å²) < 4.78 is 0. The summed E-state index contributed by atoms with van der Waals surface area (Å²) in [7, 11) is 0. The molecule has 0 bridgehead atoms. The number of nitrogens with one attached hydrogen (secondary N) is 2. The molecule has 0 fully saturated rings. The monoisotopic (exact) mass is 391 g/mol. The summed E-state index contributed by atoms with van der Waals surface area (Å²) in [5, 5.41) is 5.17. The van der Waals surface area contributed by atoms with E-state index < -0.39 is 6.03 Å². The molecule has 0 aliphatic carbocycles. The summed E-state index contributed by atoms with van der Waals surface area (Å²) in [6, 6.07) is 26.2. The van der Waals surface area contributed by atoms with Crippen LogP contribution in [0.4, 0.5) is 10.5 Å². The maximum Gasteiger partial charge on any atom is 0.316 e. The number of rotatable bonds is 7. The lowest BCUT2D eigenvalue weighted by Crippen LogP contribution is -2.27. The molecule has 0 aromatic heterocycles. The Kier molecular flexibility index (Phi) is 6.70. The average molecular weight is 391 g/mol. The summed E-state index contributed by atoms with van der Waals surface area (Å²) in [6.07, 6.45) is 0. The molecule has 4 N–H and O–H groups in total. The average Bonchev–Trinajstić information content (AvgIpc) is 2.72. The van der Waals surface area contributed by atoms with E-state index in [-0.39, 0.29) is 11.2 Å². The fourth-order valence-corrected chi connectivity index (χ4v) is 3.74. The van der Waals surface area contributed by atoms with Gasteiger partial charge in [0.25, 0.3) is 0 Å².